The number of hydrogen-bond donors (Lipinski definition) is 3. The van der Waals surface area contributed by atoms with Gasteiger partial charge in [-0.3, -0.25) is 0 Å². The summed E-state index contributed by atoms with van der Waals surface area (Å²) in [6.45, 7) is 1.87. The number of rotatable bonds is 4. The van der Waals surface area contributed by atoms with E-state index in [2.05, 4.69) is 10.6 Å². The highest BCUT2D eigenvalue weighted by Crippen LogP contribution is 2.23. The number of benzene rings is 1. The quantitative estimate of drug-likeness (QED) is 0.796. The largest absolute Gasteiger partial charge is 0.478 e. The lowest BCUT2D eigenvalue weighted by molar-refractivity contribution is 0.0697. The Balaban J connectivity index is 2.01. The van der Waals surface area contributed by atoms with Gasteiger partial charge in [-0.25, -0.2) is 9.59 Å². The number of carbonyl (C=O) groups excluding carboxylic acids is 1. The van der Waals surface area contributed by atoms with Crippen LogP contribution in [0.25, 0.3) is 0 Å². The van der Waals surface area contributed by atoms with Crippen molar-refractivity contribution in [2.45, 2.75) is 13.0 Å². The van der Waals surface area contributed by atoms with Crippen LogP contribution < -0.4 is 10.6 Å². The highest BCUT2D eigenvalue weighted by molar-refractivity contribution is 7.07. The molecule has 7 heteroatoms. The molecule has 1 heterocycles. The number of halogens is 1. The lowest BCUT2D eigenvalue weighted by Gasteiger charge is -2.14. The van der Waals surface area contributed by atoms with Crippen LogP contribution in [0.3, 0.4) is 0 Å². The lowest BCUT2D eigenvalue weighted by atomic mass is 10.2. The maximum atomic E-state index is 11.9. The fourth-order valence-corrected chi connectivity index (χ4v) is 2.69. The van der Waals surface area contributed by atoms with E-state index in [0.717, 1.165) is 5.56 Å². The minimum absolute atomic E-state index is 0.0672. The third-order valence-corrected chi connectivity index (χ3v) is 3.87. The molecule has 0 aliphatic rings. The fourth-order valence-electron chi connectivity index (χ4n) is 1.71. The molecule has 3 N–H and O–H groups in total. The number of nitrogens with one attached hydrogen (secondary N) is 2. The zero-order valence-corrected chi connectivity index (χ0v) is 12.7. The molecule has 0 bridgehead atoms. The van der Waals surface area contributed by atoms with Gasteiger partial charge in [0.2, 0.25) is 0 Å². The molecule has 0 aliphatic heterocycles. The number of thiophene rings is 1. The first-order valence-corrected chi connectivity index (χ1v) is 7.42. The molecule has 1 aromatic carbocycles. The second-order valence-electron chi connectivity index (χ2n) is 4.38. The average Bonchev–Trinajstić information content (AvgIpc) is 2.94. The molecular formula is C14H13ClN2O3S. The standard InChI is InChI=1S/C14H13ClN2O3S/c1-8(10-4-5-21-7-10)16-14(20)17-12-3-2-9(13(18)19)6-11(12)15/h2-8H,1H3,(H,18,19)(H2,16,17,20). The molecule has 2 rings (SSSR count). The molecule has 1 unspecified atom stereocenters. The van der Waals surface area contributed by atoms with Crippen LogP contribution in [0.4, 0.5) is 10.5 Å². The van der Waals surface area contributed by atoms with Crippen molar-refractivity contribution < 1.29 is 14.7 Å². The first-order chi connectivity index (χ1) is 9.97. The van der Waals surface area contributed by atoms with E-state index in [1.807, 2.05) is 23.8 Å². The molecule has 0 aliphatic carbocycles. The Bertz CT molecular complexity index is 658. The molecule has 0 spiro atoms. The van der Waals surface area contributed by atoms with Crippen molar-refractivity contribution >= 4 is 40.6 Å². The van der Waals surface area contributed by atoms with Crippen LogP contribution in [-0.2, 0) is 0 Å². The Labute approximate surface area is 130 Å². The van der Waals surface area contributed by atoms with Crippen LogP contribution in [0, 0.1) is 0 Å². The van der Waals surface area contributed by atoms with Crippen LogP contribution in [0.15, 0.2) is 35.0 Å². The zero-order chi connectivity index (χ0) is 15.4. The number of carboxylic acid groups (broad SMARTS) is 1. The third kappa shape index (κ3) is 3.96. The van der Waals surface area contributed by atoms with E-state index in [0.29, 0.717) is 5.69 Å². The smallest absolute Gasteiger partial charge is 0.335 e. The number of carboxylic acids is 1. The topological polar surface area (TPSA) is 78.4 Å². The molecule has 0 fully saturated rings. The number of anilines is 1. The zero-order valence-electron chi connectivity index (χ0n) is 11.1. The van der Waals surface area contributed by atoms with Gasteiger partial charge in [0, 0.05) is 0 Å². The van der Waals surface area contributed by atoms with E-state index in [9.17, 15) is 9.59 Å². The van der Waals surface area contributed by atoms with Crippen molar-refractivity contribution in [2.75, 3.05) is 5.32 Å². The van der Waals surface area contributed by atoms with E-state index in [4.69, 9.17) is 16.7 Å². The predicted molar refractivity (Wildman–Crippen MR) is 83.3 cm³/mol. The van der Waals surface area contributed by atoms with Crippen LogP contribution in [-0.4, -0.2) is 17.1 Å². The maximum Gasteiger partial charge on any atom is 0.335 e. The molecule has 21 heavy (non-hydrogen) atoms. The molecule has 0 saturated carbocycles. The van der Waals surface area contributed by atoms with Gasteiger partial charge in [-0.05, 0) is 47.5 Å². The van der Waals surface area contributed by atoms with E-state index in [1.165, 1.54) is 18.2 Å². The summed E-state index contributed by atoms with van der Waals surface area (Å²) in [5, 5.41) is 18.3. The van der Waals surface area contributed by atoms with Gasteiger partial charge < -0.3 is 15.7 Å². The average molecular weight is 325 g/mol. The van der Waals surface area contributed by atoms with Crippen molar-refractivity contribution in [3.63, 3.8) is 0 Å². The van der Waals surface area contributed by atoms with Crippen molar-refractivity contribution in [3.8, 4) is 0 Å². The Morgan fingerprint density at radius 2 is 2.10 bits per heavy atom. The lowest BCUT2D eigenvalue weighted by Crippen LogP contribution is -2.31. The van der Waals surface area contributed by atoms with Crippen LogP contribution in [0.2, 0.25) is 5.02 Å². The molecule has 5 nitrogen and oxygen atoms in total. The molecule has 1 atom stereocenters. The summed E-state index contributed by atoms with van der Waals surface area (Å²) < 4.78 is 0. The fraction of sp³-hybridized carbons (Fsp3) is 0.143. The SMILES string of the molecule is CC(NC(=O)Nc1ccc(C(=O)O)cc1Cl)c1ccsc1. The minimum atomic E-state index is -1.07. The van der Waals surface area contributed by atoms with E-state index < -0.39 is 12.0 Å². The van der Waals surface area contributed by atoms with Crippen molar-refractivity contribution in [3.05, 3.63) is 51.2 Å². The second-order valence-corrected chi connectivity index (χ2v) is 5.56. The summed E-state index contributed by atoms with van der Waals surface area (Å²) in [5.41, 5.74) is 1.44. The number of urea groups is 1. The number of carbonyl (C=O) groups is 2. The summed E-state index contributed by atoms with van der Waals surface area (Å²) in [7, 11) is 0. The Morgan fingerprint density at radius 1 is 1.33 bits per heavy atom. The summed E-state index contributed by atoms with van der Waals surface area (Å²) in [4.78, 5) is 22.7. The Morgan fingerprint density at radius 3 is 2.67 bits per heavy atom. The number of hydrogen-bond acceptors (Lipinski definition) is 3. The van der Waals surface area contributed by atoms with Crippen molar-refractivity contribution in [2.24, 2.45) is 0 Å². The normalized spacial score (nSPS) is 11.7. The summed E-state index contributed by atoms with van der Waals surface area (Å²) in [6, 6.07) is 5.53. The molecular weight excluding hydrogens is 312 g/mol. The third-order valence-electron chi connectivity index (χ3n) is 2.86. The van der Waals surface area contributed by atoms with Gasteiger partial charge in [-0.15, -0.1) is 0 Å². The molecule has 2 aromatic rings. The molecule has 1 aromatic heterocycles. The number of aromatic carboxylic acids is 1. The van der Waals surface area contributed by atoms with E-state index in [1.54, 1.807) is 11.3 Å². The van der Waals surface area contributed by atoms with Crippen molar-refractivity contribution in [1.82, 2.24) is 5.32 Å². The number of amides is 2. The molecule has 0 saturated heterocycles. The molecule has 2 amide bonds. The van der Waals surface area contributed by atoms with Gasteiger partial charge in [0.15, 0.2) is 0 Å². The monoisotopic (exact) mass is 324 g/mol. The van der Waals surface area contributed by atoms with E-state index >= 15 is 0 Å². The first kappa shape index (κ1) is 15.3. The summed E-state index contributed by atoms with van der Waals surface area (Å²) >= 11 is 7.51. The minimum Gasteiger partial charge on any atom is -0.478 e. The van der Waals surface area contributed by atoms with Gasteiger partial charge in [0.1, 0.15) is 0 Å². The summed E-state index contributed by atoms with van der Waals surface area (Å²) in [5.74, 6) is -1.07. The van der Waals surface area contributed by atoms with Crippen LogP contribution >= 0.6 is 22.9 Å². The molecule has 0 radical (unpaired) electrons. The molecule has 110 valence electrons. The maximum absolute atomic E-state index is 11.9. The van der Waals surface area contributed by atoms with Crippen LogP contribution in [0.1, 0.15) is 28.9 Å². The van der Waals surface area contributed by atoms with Crippen LogP contribution in [0.5, 0.6) is 0 Å². The van der Waals surface area contributed by atoms with Crippen molar-refractivity contribution in [1.29, 1.82) is 0 Å². The Kier molecular flexibility index (Phi) is 4.82. The highest BCUT2D eigenvalue weighted by atomic mass is 35.5. The summed E-state index contributed by atoms with van der Waals surface area (Å²) in [6.07, 6.45) is 0. The van der Waals surface area contributed by atoms with Gasteiger partial charge in [0.05, 0.1) is 22.3 Å². The van der Waals surface area contributed by atoms with Gasteiger partial charge in [-0.1, -0.05) is 11.6 Å². The van der Waals surface area contributed by atoms with Gasteiger partial charge >= 0.3 is 12.0 Å². The highest BCUT2D eigenvalue weighted by Gasteiger charge is 2.12. The Hall–Kier alpha value is -2.05. The second kappa shape index (κ2) is 6.60. The van der Waals surface area contributed by atoms with Gasteiger partial charge in [0.25, 0.3) is 0 Å². The van der Waals surface area contributed by atoms with Gasteiger partial charge in [-0.2, -0.15) is 11.3 Å². The van der Waals surface area contributed by atoms with E-state index in [-0.39, 0.29) is 16.6 Å². The predicted octanol–water partition coefficient (Wildman–Crippen LogP) is 3.98. The first-order valence-electron chi connectivity index (χ1n) is 6.10.